The number of hydrogen-bond donors (Lipinski definition) is 3. The maximum atomic E-state index is 13.1. The number of phosphoric ester groups is 2. The lowest BCUT2D eigenvalue weighted by atomic mass is 10.0. The lowest BCUT2D eigenvalue weighted by Gasteiger charge is -2.21. The Morgan fingerprint density at radius 2 is 0.495 bits per heavy atom. The minimum absolute atomic E-state index is 0.106. The zero-order valence-corrected chi connectivity index (χ0v) is 62.2. The summed E-state index contributed by atoms with van der Waals surface area (Å²) in [5.74, 6) is -1.38. The highest BCUT2D eigenvalue weighted by atomic mass is 31.2. The first-order valence-corrected chi connectivity index (χ1v) is 41.6. The molecule has 0 aromatic rings. The molecular formula is C74H144O17P2. The molecule has 2 unspecified atom stereocenters. The van der Waals surface area contributed by atoms with Crippen molar-refractivity contribution in [3.63, 3.8) is 0 Å². The van der Waals surface area contributed by atoms with Gasteiger partial charge >= 0.3 is 39.5 Å². The molecule has 0 saturated heterocycles. The summed E-state index contributed by atoms with van der Waals surface area (Å²) in [6.07, 6.45) is 55.3. The molecule has 0 saturated carbocycles. The molecule has 17 nitrogen and oxygen atoms in total. The molecule has 3 N–H and O–H groups in total. The van der Waals surface area contributed by atoms with Crippen molar-refractivity contribution >= 4 is 39.5 Å². The second-order valence-corrected chi connectivity index (χ2v) is 30.1. The molecule has 93 heavy (non-hydrogen) atoms. The molecule has 0 aromatic heterocycles. The Kier molecular flexibility index (Phi) is 65.9. The third-order valence-corrected chi connectivity index (χ3v) is 19.2. The molecule has 0 radical (unpaired) electrons. The highest BCUT2D eigenvalue weighted by molar-refractivity contribution is 7.47. The SMILES string of the molecule is CCCCCCCCCCCCCCCCCC(=O)OC[C@H](COP(=O)(O)OC[C@@H](O)COP(=O)(O)OC[C@@H](COC(=O)CCCCCCCCCCCCC)OC(=O)CCCCCCCCCCCC(C)C)OC(=O)CCCCCCCCCCCCCCCCC. The second kappa shape index (κ2) is 67.3. The minimum Gasteiger partial charge on any atom is -0.462 e. The van der Waals surface area contributed by atoms with E-state index in [4.69, 9.17) is 37.0 Å². The van der Waals surface area contributed by atoms with Crippen molar-refractivity contribution in [2.45, 2.75) is 406 Å². The maximum absolute atomic E-state index is 13.1. The highest BCUT2D eigenvalue weighted by Crippen LogP contribution is 2.45. The Labute approximate surface area is 568 Å². The first-order valence-electron chi connectivity index (χ1n) is 38.6. The molecule has 0 amide bonds. The van der Waals surface area contributed by atoms with Crippen molar-refractivity contribution in [3.8, 4) is 0 Å². The van der Waals surface area contributed by atoms with E-state index in [1.807, 2.05) is 0 Å². The number of unbranched alkanes of at least 4 members (excludes halogenated alkanes) is 46. The van der Waals surface area contributed by atoms with Gasteiger partial charge in [0.2, 0.25) is 0 Å². The molecule has 0 aliphatic carbocycles. The number of ether oxygens (including phenoxy) is 4. The quantitative estimate of drug-likeness (QED) is 0.0222. The Balaban J connectivity index is 5.25. The van der Waals surface area contributed by atoms with Crippen LogP contribution in [0.1, 0.15) is 388 Å². The molecule has 0 rings (SSSR count). The fourth-order valence-electron chi connectivity index (χ4n) is 11.4. The lowest BCUT2D eigenvalue weighted by molar-refractivity contribution is -0.161. The van der Waals surface area contributed by atoms with E-state index < -0.39 is 97.5 Å². The molecule has 19 heteroatoms. The summed E-state index contributed by atoms with van der Waals surface area (Å²) in [6, 6.07) is 0. The number of hydrogen-bond acceptors (Lipinski definition) is 15. The monoisotopic (exact) mass is 1370 g/mol. The Morgan fingerprint density at radius 1 is 0.290 bits per heavy atom. The van der Waals surface area contributed by atoms with E-state index in [9.17, 15) is 43.2 Å². The molecule has 0 aliphatic heterocycles. The molecule has 0 aromatic carbocycles. The number of esters is 4. The van der Waals surface area contributed by atoms with Crippen molar-refractivity contribution in [2.75, 3.05) is 39.6 Å². The van der Waals surface area contributed by atoms with Crippen LogP contribution in [0.3, 0.4) is 0 Å². The lowest BCUT2D eigenvalue weighted by Crippen LogP contribution is -2.30. The predicted octanol–water partition coefficient (Wildman–Crippen LogP) is 21.7. The minimum atomic E-state index is -4.95. The first-order chi connectivity index (χ1) is 45.0. The van der Waals surface area contributed by atoms with Gasteiger partial charge in [-0.25, -0.2) is 9.13 Å². The number of aliphatic hydroxyl groups excluding tert-OH is 1. The van der Waals surface area contributed by atoms with Crippen LogP contribution in [0.4, 0.5) is 0 Å². The summed E-state index contributed by atoms with van der Waals surface area (Å²) < 4.78 is 68.5. The molecule has 0 fully saturated rings. The number of carbonyl (C=O) groups is 4. The van der Waals surface area contributed by atoms with E-state index in [1.54, 1.807) is 0 Å². The smallest absolute Gasteiger partial charge is 0.462 e. The molecule has 0 bridgehead atoms. The van der Waals surface area contributed by atoms with Crippen LogP contribution in [0.5, 0.6) is 0 Å². The Hall–Kier alpha value is -1.94. The summed E-state index contributed by atoms with van der Waals surface area (Å²) in [5.41, 5.74) is 0. The topological polar surface area (TPSA) is 237 Å². The van der Waals surface area contributed by atoms with Crippen LogP contribution in [0.15, 0.2) is 0 Å². The Morgan fingerprint density at radius 3 is 0.731 bits per heavy atom. The van der Waals surface area contributed by atoms with Gasteiger partial charge in [-0.05, 0) is 31.6 Å². The molecule has 552 valence electrons. The van der Waals surface area contributed by atoms with Gasteiger partial charge in [-0.3, -0.25) is 37.3 Å². The van der Waals surface area contributed by atoms with Gasteiger partial charge in [0.1, 0.15) is 19.3 Å². The van der Waals surface area contributed by atoms with Crippen molar-refractivity contribution in [1.82, 2.24) is 0 Å². The van der Waals surface area contributed by atoms with Crippen molar-refractivity contribution < 1.29 is 80.2 Å². The Bertz CT molecular complexity index is 1790. The van der Waals surface area contributed by atoms with E-state index in [1.165, 1.54) is 212 Å². The second-order valence-electron chi connectivity index (χ2n) is 27.2. The van der Waals surface area contributed by atoms with Crippen LogP contribution < -0.4 is 0 Å². The van der Waals surface area contributed by atoms with Crippen LogP contribution in [0.2, 0.25) is 0 Å². The zero-order valence-electron chi connectivity index (χ0n) is 60.4. The van der Waals surface area contributed by atoms with E-state index in [-0.39, 0.29) is 25.7 Å². The van der Waals surface area contributed by atoms with E-state index >= 15 is 0 Å². The number of rotatable bonds is 74. The standard InChI is InChI=1S/C74H144O17P2/c1-6-9-12-15-18-21-24-26-28-30-33-38-43-48-53-58-72(77)85-63-69(90-73(78)59-54-49-44-39-34-31-29-27-25-22-19-16-13-10-7-2)65-88-92(80,81)86-61-68(75)62-87-93(82,83)89-66-70(64-84-71(76)57-52-47-42-37-32-23-20-17-14-11-8-3)91-74(79)60-55-50-45-40-35-36-41-46-51-56-67(4)5/h67-70,75H,6-66H2,1-5H3,(H,80,81)(H,82,83)/t68-,69-,70-/m1/s1. The summed E-state index contributed by atoms with van der Waals surface area (Å²) in [7, 11) is -9.91. The van der Waals surface area contributed by atoms with Gasteiger partial charge in [0.05, 0.1) is 26.4 Å². The van der Waals surface area contributed by atoms with Crippen molar-refractivity contribution in [1.29, 1.82) is 0 Å². The van der Waals surface area contributed by atoms with Gasteiger partial charge in [0, 0.05) is 25.7 Å². The summed E-state index contributed by atoms with van der Waals surface area (Å²) in [4.78, 5) is 72.7. The van der Waals surface area contributed by atoms with Gasteiger partial charge in [0.15, 0.2) is 12.2 Å². The third kappa shape index (κ3) is 68.4. The average molecular weight is 1370 g/mol. The zero-order chi connectivity index (χ0) is 68.4. The fraction of sp³-hybridized carbons (Fsp3) is 0.946. The summed E-state index contributed by atoms with van der Waals surface area (Å²) in [5, 5.41) is 10.6. The van der Waals surface area contributed by atoms with Gasteiger partial charge in [-0.2, -0.15) is 0 Å². The van der Waals surface area contributed by atoms with Gasteiger partial charge < -0.3 is 33.8 Å². The molecule has 0 aliphatic rings. The number of carbonyl (C=O) groups excluding carboxylic acids is 4. The largest absolute Gasteiger partial charge is 0.472 e. The van der Waals surface area contributed by atoms with Crippen LogP contribution in [-0.4, -0.2) is 96.7 Å². The van der Waals surface area contributed by atoms with Crippen LogP contribution in [0, 0.1) is 5.92 Å². The van der Waals surface area contributed by atoms with Crippen LogP contribution >= 0.6 is 15.6 Å². The predicted molar refractivity (Wildman–Crippen MR) is 377 cm³/mol. The fourth-order valence-corrected chi connectivity index (χ4v) is 12.9. The maximum Gasteiger partial charge on any atom is 0.472 e. The van der Waals surface area contributed by atoms with Gasteiger partial charge in [-0.15, -0.1) is 0 Å². The molecule has 0 spiro atoms. The van der Waals surface area contributed by atoms with E-state index in [0.717, 1.165) is 95.8 Å². The first kappa shape index (κ1) is 91.1. The highest BCUT2D eigenvalue weighted by Gasteiger charge is 2.30. The normalized spacial score (nSPS) is 14.0. The van der Waals surface area contributed by atoms with Crippen molar-refractivity contribution in [3.05, 3.63) is 0 Å². The third-order valence-electron chi connectivity index (χ3n) is 17.3. The van der Waals surface area contributed by atoms with E-state index in [2.05, 4.69) is 34.6 Å². The van der Waals surface area contributed by atoms with E-state index in [0.29, 0.717) is 25.7 Å². The van der Waals surface area contributed by atoms with Crippen molar-refractivity contribution in [2.24, 2.45) is 5.92 Å². The number of aliphatic hydroxyl groups is 1. The average Bonchev–Trinajstić information content (AvgIpc) is 2.89. The summed E-state index contributed by atoms with van der Waals surface area (Å²) >= 11 is 0. The number of phosphoric acid groups is 2. The molecule has 0 heterocycles. The van der Waals surface area contributed by atoms with Gasteiger partial charge in [0.25, 0.3) is 0 Å². The van der Waals surface area contributed by atoms with Crippen LogP contribution in [-0.2, 0) is 65.4 Å². The molecule has 5 atom stereocenters. The van der Waals surface area contributed by atoms with Crippen LogP contribution in [0.25, 0.3) is 0 Å². The summed E-state index contributed by atoms with van der Waals surface area (Å²) in [6.45, 7) is 7.26. The molecular weight excluding hydrogens is 1220 g/mol. The van der Waals surface area contributed by atoms with Gasteiger partial charge in [-0.1, -0.05) is 336 Å².